The molecule has 0 aliphatic rings. The summed E-state index contributed by atoms with van der Waals surface area (Å²) in [6.07, 6.45) is 0. The molecule has 0 bridgehead atoms. The number of carbonyl (C=O) groups is 1. The summed E-state index contributed by atoms with van der Waals surface area (Å²) < 4.78 is 2.08. The van der Waals surface area contributed by atoms with Gasteiger partial charge in [-0.2, -0.15) is 0 Å². The van der Waals surface area contributed by atoms with Crippen molar-refractivity contribution in [1.82, 2.24) is 4.57 Å². The molecule has 2 aromatic carbocycles. The van der Waals surface area contributed by atoms with E-state index in [-0.39, 0.29) is 0 Å². The Hall–Kier alpha value is -2.55. The number of fused-ring (bicyclic) bond motifs is 1. The summed E-state index contributed by atoms with van der Waals surface area (Å²) in [5, 5.41) is 10.3. The van der Waals surface area contributed by atoms with Crippen LogP contribution in [0.5, 0.6) is 0 Å². The maximum absolute atomic E-state index is 11.5. The predicted octanol–water partition coefficient (Wildman–Crippen LogP) is 4.00. The fraction of sp³-hybridized carbons (Fsp3) is 0.167. The summed E-state index contributed by atoms with van der Waals surface area (Å²) in [6, 6.07) is 16.0. The molecule has 3 nitrogen and oxygen atoms in total. The van der Waals surface area contributed by atoms with Gasteiger partial charge >= 0.3 is 5.97 Å². The smallest absolute Gasteiger partial charge is 0.338 e. The van der Waals surface area contributed by atoms with Crippen LogP contribution in [-0.2, 0) is 6.54 Å². The molecule has 0 unspecified atom stereocenters. The van der Waals surface area contributed by atoms with Crippen molar-refractivity contribution < 1.29 is 9.90 Å². The first-order valence-electron chi connectivity index (χ1n) is 6.94. The van der Waals surface area contributed by atoms with E-state index in [0.717, 1.165) is 16.6 Å². The molecule has 0 aliphatic heterocycles. The van der Waals surface area contributed by atoms with Crippen LogP contribution in [0.3, 0.4) is 0 Å². The van der Waals surface area contributed by atoms with Gasteiger partial charge in [-0.25, -0.2) is 4.79 Å². The fourth-order valence-corrected chi connectivity index (χ4v) is 2.90. The Balaban J connectivity index is 2.18. The van der Waals surface area contributed by atoms with Gasteiger partial charge < -0.3 is 9.67 Å². The lowest BCUT2D eigenvalue weighted by atomic mass is 10.1. The van der Waals surface area contributed by atoms with Gasteiger partial charge in [0.05, 0.1) is 5.56 Å². The molecule has 0 saturated carbocycles. The molecule has 0 amide bonds. The van der Waals surface area contributed by atoms with Crippen LogP contribution in [0.1, 0.15) is 27.2 Å². The highest BCUT2D eigenvalue weighted by Crippen LogP contribution is 2.26. The maximum Gasteiger partial charge on any atom is 0.338 e. The van der Waals surface area contributed by atoms with E-state index in [2.05, 4.69) is 29.7 Å². The van der Waals surface area contributed by atoms with Crippen LogP contribution >= 0.6 is 0 Å². The molecule has 3 heteroatoms. The van der Waals surface area contributed by atoms with Crippen LogP contribution in [0.2, 0.25) is 0 Å². The normalized spacial score (nSPS) is 11.0. The number of carboxylic acid groups (broad SMARTS) is 1. The third kappa shape index (κ3) is 2.31. The lowest BCUT2D eigenvalue weighted by molar-refractivity contribution is 0.0698. The topological polar surface area (TPSA) is 42.2 Å². The molecule has 0 aliphatic carbocycles. The summed E-state index contributed by atoms with van der Waals surface area (Å²) in [5.41, 5.74) is 4.55. The molecule has 0 spiro atoms. The van der Waals surface area contributed by atoms with E-state index in [4.69, 9.17) is 0 Å². The summed E-state index contributed by atoms with van der Waals surface area (Å²) in [6.45, 7) is 4.62. The molecule has 0 fully saturated rings. The summed E-state index contributed by atoms with van der Waals surface area (Å²) in [7, 11) is 0. The Labute approximate surface area is 123 Å². The summed E-state index contributed by atoms with van der Waals surface area (Å²) >= 11 is 0. The zero-order valence-electron chi connectivity index (χ0n) is 12.1. The predicted molar refractivity (Wildman–Crippen MR) is 83.9 cm³/mol. The van der Waals surface area contributed by atoms with Crippen LogP contribution in [0.25, 0.3) is 10.9 Å². The third-order valence-electron chi connectivity index (χ3n) is 3.87. The first kappa shape index (κ1) is 13.4. The Bertz CT molecular complexity index is 830. The Morgan fingerprint density at radius 2 is 1.86 bits per heavy atom. The highest BCUT2D eigenvalue weighted by Gasteiger charge is 2.18. The number of rotatable bonds is 3. The molecule has 3 aromatic rings. The minimum absolute atomic E-state index is 0.401. The number of aromatic carboxylic acids is 1. The molecule has 3 rings (SSSR count). The number of nitrogens with zero attached hydrogens (tertiary/aromatic N) is 1. The number of hydrogen-bond acceptors (Lipinski definition) is 1. The molecule has 21 heavy (non-hydrogen) atoms. The molecule has 0 atom stereocenters. The number of carboxylic acids is 1. The van der Waals surface area contributed by atoms with Crippen LogP contribution in [0.4, 0.5) is 0 Å². The molecule has 0 radical (unpaired) electrons. The van der Waals surface area contributed by atoms with Crippen LogP contribution < -0.4 is 0 Å². The maximum atomic E-state index is 11.5. The van der Waals surface area contributed by atoms with Crippen LogP contribution in [0.15, 0.2) is 48.5 Å². The minimum atomic E-state index is -0.869. The van der Waals surface area contributed by atoms with Gasteiger partial charge in [-0.3, -0.25) is 0 Å². The van der Waals surface area contributed by atoms with E-state index in [1.165, 1.54) is 11.1 Å². The lowest BCUT2D eigenvalue weighted by Crippen LogP contribution is -2.04. The Kier molecular flexibility index (Phi) is 3.26. The van der Waals surface area contributed by atoms with Gasteiger partial charge in [-0.15, -0.1) is 0 Å². The standard InChI is InChI=1S/C18H17NO2/c1-12-6-5-7-14(10-12)11-19-13(2)17(18(20)21)15-8-3-4-9-16(15)19/h3-10H,11H2,1-2H3,(H,20,21). The average molecular weight is 279 g/mol. The van der Waals surface area contributed by atoms with E-state index in [0.29, 0.717) is 12.1 Å². The molecule has 0 saturated heterocycles. The highest BCUT2D eigenvalue weighted by atomic mass is 16.4. The van der Waals surface area contributed by atoms with Crippen molar-refractivity contribution in [2.75, 3.05) is 0 Å². The zero-order chi connectivity index (χ0) is 15.0. The second-order valence-electron chi connectivity index (χ2n) is 5.36. The van der Waals surface area contributed by atoms with Gasteiger partial charge in [-0.1, -0.05) is 48.0 Å². The summed E-state index contributed by atoms with van der Waals surface area (Å²) in [4.78, 5) is 11.5. The van der Waals surface area contributed by atoms with Gasteiger partial charge in [-0.05, 0) is 25.5 Å². The van der Waals surface area contributed by atoms with Crippen LogP contribution in [-0.4, -0.2) is 15.6 Å². The molecular formula is C18H17NO2. The fourth-order valence-electron chi connectivity index (χ4n) is 2.90. The van der Waals surface area contributed by atoms with E-state index in [1.807, 2.05) is 37.3 Å². The third-order valence-corrected chi connectivity index (χ3v) is 3.87. The Morgan fingerprint density at radius 3 is 2.57 bits per heavy atom. The number of benzene rings is 2. The number of hydrogen-bond donors (Lipinski definition) is 1. The van der Waals surface area contributed by atoms with Crippen molar-refractivity contribution in [2.45, 2.75) is 20.4 Å². The van der Waals surface area contributed by atoms with Gasteiger partial charge in [0.15, 0.2) is 0 Å². The summed E-state index contributed by atoms with van der Waals surface area (Å²) in [5.74, 6) is -0.869. The van der Waals surface area contributed by atoms with Crippen molar-refractivity contribution >= 4 is 16.9 Å². The van der Waals surface area contributed by atoms with E-state index < -0.39 is 5.97 Å². The second kappa shape index (κ2) is 5.09. The largest absolute Gasteiger partial charge is 0.478 e. The van der Waals surface area contributed by atoms with Crippen LogP contribution in [0, 0.1) is 13.8 Å². The van der Waals surface area contributed by atoms with Crippen molar-refractivity contribution in [3.05, 3.63) is 70.9 Å². The van der Waals surface area contributed by atoms with Crippen molar-refractivity contribution in [1.29, 1.82) is 0 Å². The molecule has 1 heterocycles. The zero-order valence-corrected chi connectivity index (χ0v) is 12.1. The van der Waals surface area contributed by atoms with E-state index >= 15 is 0 Å². The van der Waals surface area contributed by atoms with E-state index in [9.17, 15) is 9.90 Å². The SMILES string of the molecule is Cc1cccc(Cn2c(C)c(C(=O)O)c3ccccc32)c1. The van der Waals surface area contributed by atoms with E-state index in [1.54, 1.807) is 0 Å². The number of para-hydroxylation sites is 1. The number of aromatic nitrogens is 1. The van der Waals surface area contributed by atoms with Gasteiger partial charge in [0.2, 0.25) is 0 Å². The first-order valence-corrected chi connectivity index (χ1v) is 6.94. The van der Waals surface area contributed by atoms with Crippen molar-refractivity contribution in [3.63, 3.8) is 0 Å². The first-order chi connectivity index (χ1) is 10.1. The number of aryl methyl sites for hydroxylation is 1. The highest BCUT2D eigenvalue weighted by molar-refractivity contribution is 6.05. The quantitative estimate of drug-likeness (QED) is 0.787. The second-order valence-corrected chi connectivity index (χ2v) is 5.36. The lowest BCUT2D eigenvalue weighted by Gasteiger charge is -2.09. The Morgan fingerprint density at radius 1 is 1.10 bits per heavy atom. The molecule has 106 valence electrons. The molecular weight excluding hydrogens is 262 g/mol. The van der Waals surface area contributed by atoms with Gasteiger partial charge in [0, 0.05) is 23.1 Å². The average Bonchev–Trinajstić information content (AvgIpc) is 2.72. The van der Waals surface area contributed by atoms with Gasteiger partial charge in [0.1, 0.15) is 0 Å². The van der Waals surface area contributed by atoms with Crippen molar-refractivity contribution in [2.24, 2.45) is 0 Å². The molecule has 1 N–H and O–H groups in total. The van der Waals surface area contributed by atoms with Gasteiger partial charge in [0.25, 0.3) is 0 Å². The molecule has 1 aromatic heterocycles. The minimum Gasteiger partial charge on any atom is -0.478 e. The van der Waals surface area contributed by atoms with Crippen molar-refractivity contribution in [3.8, 4) is 0 Å². The monoisotopic (exact) mass is 279 g/mol.